The van der Waals surface area contributed by atoms with Gasteiger partial charge >= 0.3 is 0 Å². The van der Waals surface area contributed by atoms with Crippen LogP contribution in [0, 0.1) is 13.8 Å². The van der Waals surface area contributed by atoms with Crippen LogP contribution in [-0.4, -0.2) is 4.57 Å². The van der Waals surface area contributed by atoms with Gasteiger partial charge in [0, 0.05) is 34.1 Å². The summed E-state index contributed by atoms with van der Waals surface area (Å²) in [4.78, 5) is 0. The first-order valence-electron chi connectivity index (χ1n) is 9.20. The molecule has 0 fully saturated rings. The highest BCUT2D eigenvalue weighted by atomic mass is 35.5. The van der Waals surface area contributed by atoms with Crippen molar-refractivity contribution >= 4 is 11.6 Å². The molecule has 0 radical (unpaired) electrons. The van der Waals surface area contributed by atoms with Crippen LogP contribution in [0.2, 0.25) is 5.02 Å². The van der Waals surface area contributed by atoms with Crippen LogP contribution in [-0.2, 0) is 6.54 Å². The molecule has 134 valence electrons. The summed E-state index contributed by atoms with van der Waals surface area (Å²) in [7, 11) is 0. The van der Waals surface area contributed by atoms with Gasteiger partial charge in [-0.3, -0.25) is 0 Å². The van der Waals surface area contributed by atoms with Crippen molar-refractivity contribution in [3.8, 4) is 22.3 Å². The Bertz CT molecular complexity index is 982. The second-order valence-corrected chi connectivity index (χ2v) is 7.30. The zero-order valence-corrected chi connectivity index (χ0v) is 16.4. The average Bonchev–Trinajstić information content (AvgIpc) is 2.95. The summed E-state index contributed by atoms with van der Waals surface area (Å²) in [6, 6.07) is 29.5. The third-order valence-corrected chi connectivity index (χ3v) is 5.41. The molecular formula is C25H22ClN. The maximum Gasteiger partial charge on any atom is 0.0475 e. The molecule has 1 nitrogen and oxygen atoms in total. The quantitative estimate of drug-likeness (QED) is 0.359. The molecule has 1 heterocycles. The van der Waals surface area contributed by atoms with Gasteiger partial charge in [0.05, 0.1) is 0 Å². The van der Waals surface area contributed by atoms with E-state index in [0.717, 1.165) is 11.6 Å². The van der Waals surface area contributed by atoms with E-state index in [4.69, 9.17) is 11.6 Å². The maximum absolute atomic E-state index is 6.06. The Morgan fingerprint density at radius 2 is 1.07 bits per heavy atom. The molecule has 0 spiro atoms. The van der Waals surface area contributed by atoms with E-state index >= 15 is 0 Å². The van der Waals surface area contributed by atoms with Crippen LogP contribution >= 0.6 is 11.6 Å². The van der Waals surface area contributed by atoms with Gasteiger partial charge in [-0.25, -0.2) is 0 Å². The highest BCUT2D eigenvalue weighted by Gasteiger charge is 2.20. The van der Waals surface area contributed by atoms with E-state index in [1.54, 1.807) is 0 Å². The third-order valence-electron chi connectivity index (χ3n) is 5.16. The molecule has 0 bridgehead atoms. The normalized spacial score (nSPS) is 10.9. The van der Waals surface area contributed by atoms with Crippen molar-refractivity contribution < 1.29 is 0 Å². The summed E-state index contributed by atoms with van der Waals surface area (Å²) in [5, 5.41) is 0.773. The summed E-state index contributed by atoms with van der Waals surface area (Å²) < 4.78 is 2.41. The first kappa shape index (κ1) is 17.6. The van der Waals surface area contributed by atoms with Gasteiger partial charge in [-0.05, 0) is 42.7 Å². The summed E-state index contributed by atoms with van der Waals surface area (Å²) in [5.74, 6) is 0. The smallest absolute Gasteiger partial charge is 0.0475 e. The van der Waals surface area contributed by atoms with Crippen LogP contribution in [0.5, 0.6) is 0 Å². The Kier molecular flexibility index (Phi) is 4.87. The van der Waals surface area contributed by atoms with Crippen molar-refractivity contribution in [2.24, 2.45) is 0 Å². The summed E-state index contributed by atoms with van der Waals surface area (Å²) >= 11 is 6.06. The Morgan fingerprint density at radius 1 is 0.630 bits per heavy atom. The van der Waals surface area contributed by atoms with Crippen molar-refractivity contribution in [3.05, 3.63) is 107 Å². The Balaban J connectivity index is 1.91. The minimum atomic E-state index is 0.773. The molecule has 1 aromatic heterocycles. The van der Waals surface area contributed by atoms with E-state index in [-0.39, 0.29) is 0 Å². The number of hydrogen-bond acceptors (Lipinski definition) is 0. The molecule has 2 heteroatoms. The minimum absolute atomic E-state index is 0.773. The standard InChI is InChI=1S/C25H22ClN/c1-18-24(21-9-5-3-6-10-21)25(22-11-7-4-8-12-22)19(2)27(18)17-20-13-15-23(26)16-14-20/h3-16H,17H2,1-2H3. The number of hydrogen-bond donors (Lipinski definition) is 0. The summed E-state index contributed by atoms with van der Waals surface area (Å²) in [6.07, 6.45) is 0. The van der Waals surface area contributed by atoms with E-state index in [1.807, 2.05) is 12.1 Å². The Labute approximate surface area is 165 Å². The first-order chi connectivity index (χ1) is 13.1. The van der Waals surface area contributed by atoms with Gasteiger partial charge in [0.15, 0.2) is 0 Å². The average molecular weight is 372 g/mol. The fourth-order valence-electron chi connectivity index (χ4n) is 3.81. The maximum atomic E-state index is 6.06. The second-order valence-electron chi connectivity index (χ2n) is 6.87. The van der Waals surface area contributed by atoms with Gasteiger partial charge in [-0.15, -0.1) is 0 Å². The van der Waals surface area contributed by atoms with Gasteiger partial charge in [0.25, 0.3) is 0 Å². The highest BCUT2D eigenvalue weighted by molar-refractivity contribution is 6.30. The molecular weight excluding hydrogens is 350 g/mol. The molecule has 27 heavy (non-hydrogen) atoms. The van der Waals surface area contributed by atoms with Gasteiger partial charge in [0.1, 0.15) is 0 Å². The number of rotatable bonds is 4. The van der Waals surface area contributed by atoms with Gasteiger partial charge < -0.3 is 4.57 Å². The van der Waals surface area contributed by atoms with E-state index in [9.17, 15) is 0 Å². The van der Waals surface area contributed by atoms with Crippen molar-refractivity contribution in [3.63, 3.8) is 0 Å². The lowest BCUT2D eigenvalue weighted by atomic mass is 9.95. The van der Waals surface area contributed by atoms with Crippen LogP contribution in [0.15, 0.2) is 84.9 Å². The van der Waals surface area contributed by atoms with Gasteiger partial charge in [0.2, 0.25) is 0 Å². The Hall–Kier alpha value is -2.77. The van der Waals surface area contributed by atoms with Crippen LogP contribution in [0.3, 0.4) is 0 Å². The second kappa shape index (κ2) is 7.46. The van der Waals surface area contributed by atoms with Crippen LogP contribution < -0.4 is 0 Å². The Morgan fingerprint density at radius 3 is 1.52 bits per heavy atom. The lowest BCUT2D eigenvalue weighted by Crippen LogP contribution is -2.04. The predicted molar refractivity (Wildman–Crippen MR) is 115 cm³/mol. The summed E-state index contributed by atoms with van der Waals surface area (Å²) in [5.41, 5.74) is 8.96. The summed E-state index contributed by atoms with van der Waals surface area (Å²) in [6.45, 7) is 5.27. The number of benzene rings is 3. The zero-order valence-electron chi connectivity index (χ0n) is 15.6. The van der Waals surface area contributed by atoms with Crippen molar-refractivity contribution in [2.75, 3.05) is 0 Å². The fraction of sp³-hybridized carbons (Fsp3) is 0.120. The number of nitrogens with zero attached hydrogens (tertiary/aromatic N) is 1. The molecule has 0 saturated carbocycles. The largest absolute Gasteiger partial charge is 0.344 e. The number of aromatic nitrogens is 1. The molecule has 0 saturated heterocycles. The molecule has 4 rings (SSSR count). The first-order valence-corrected chi connectivity index (χ1v) is 9.58. The zero-order chi connectivity index (χ0) is 18.8. The van der Waals surface area contributed by atoms with Crippen molar-refractivity contribution in [1.82, 2.24) is 4.57 Å². The molecule has 0 amide bonds. The lowest BCUT2D eigenvalue weighted by molar-refractivity contribution is 0.751. The molecule has 0 unspecified atom stereocenters. The van der Waals surface area contributed by atoms with E-state index in [1.165, 1.54) is 39.2 Å². The molecule has 0 N–H and O–H groups in total. The molecule has 3 aromatic carbocycles. The van der Waals surface area contributed by atoms with Crippen molar-refractivity contribution in [1.29, 1.82) is 0 Å². The van der Waals surface area contributed by atoms with Crippen LogP contribution in [0.4, 0.5) is 0 Å². The third kappa shape index (κ3) is 3.43. The molecule has 0 aliphatic rings. The molecule has 0 aliphatic heterocycles. The highest BCUT2D eigenvalue weighted by Crippen LogP contribution is 2.39. The van der Waals surface area contributed by atoms with E-state index in [0.29, 0.717) is 0 Å². The van der Waals surface area contributed by atoms with Crippen LogP contribution in [0.25, 0.3) is 22.3 Å². The van der Waals surface area contributed by atoms with Gasteiger partial charge in [-0.1, -0.05) is 84.4 Å². The lowest BCUT2D eigenvalue weighted by Gasteiger charge is -2.10. The minimum Gasteiger partial charge on any atom is -0.344 e. The van der Waals surface area contributed by atoms with Crippen molar-refractivity contribution in [2.45, 2.75) is 20.4 Å². The number of halogens is 1. The topological polar surface area (TPSA) is 4.93 Å². The van der Waals surface area contributed by atoms with Gasteiger partial charge in [-0.2, -0.15) is 0 Å². The van der Waals surface area contributed by atoms with Crippen LogP contribution in [0.1, 0.15) is 17.0 Å². The molecule has 4 aromatic rings. The predicted octanol–water partition coefficient (Wildman–Crippen LogP) is 7.14. The molecule has 0 aliphatic carbocycles. The van der Waals surface area contributed by atoms with E-state index in [2.05, 4.69) is 91.2 Å². The SMILES string of the molecule is Cc1c(-c2ccccc2)c(-c2ccccc2)c(C)n1Cc1ccc(Cl)cc1. The fourth-order valence-corrected chi connectivity index (χ4v) is 3.93. The van der Waals surface area contributed by atoms with E-state index < -0.39 is 0 Å². The molecule has 0 atom stereocenters. The monoisotopic (exact) mass is 371 g/mol.